The van der Waals surface area contributed by atoms with Crippen LogP contribution in [-0.2, 0) is 4.79 Å². The lowest BCUT2D eigenvalue weighted by Gasteiger charge is -2.38. The Morgan fingerprint density at radius 1 is 1.04 bits per heavy atom. The van der Waals surface area contributed by atoms with E-state index in [1.807, 2.05) is 18.3 Å². The molecule has 132 valence electrons. The van der Waals surface area contributed by atoms with Gasteiger partial charge >= 0.3 is 0 Å². The van der Waals surface area contributed by atoms with Gasteiger partial charge in [-0.1, -0.05) is 19.3 Å². The van der Waals surface area contributed by atoms with Crippen LogP contribution in [-0.4, -0.2) is 32.5 Å². The number of aromatic nitrogens is 3. The molecule has 1 saturated carbocycles. The number of hydrogen-bond acceptors (Lipinski definition) is 3. The number of rotatable bonds is 3. The van der Waals surface area contributed by atoms with Gasteiger partial charge in [0.05, 0.1) is 17.9 Å². The summed E-state index contributed by atoms with van der Waals surface area (Å²) in [5, 5.41) is 7.49. The van der Waals surface area contributed by atoms with Crippen molar-refractivity contribution < 1.29 is 4.79 Å². The molecule has 5 nitrogen and oxygen atoms in total. The molecule has 1 N–H and O–H groups in total. The second kappa shape index (κ2) is 7.38. The molecule has 4 rings (SSSR count). The van der Waals surface area contributed by atoms with Gasteiger partial charge in [0.15, 0.2) is 0 Å². The van der Waals surface area contributed by atoms with Crippen molar-refractivity contribution in [1.29, 1.82) is 0 Å². The smallest absolute Gasteiger partial charge is 0.226 e. The van der Waals surface area contributed by atoms with Gasteiger partial charge in [0.1, 0.15) is 0 Å². The fourth-order valence-electron chi connectivity index (χ4n) is 4.39. The van der Waals surface area contributed by atoms with Crippen LogP contribution in [0.4, 0.5) is 0 Å². The molecular weight excluding hydrogens is 312 g/mol. The molecule has 1 amide bonds. The zero-order valence-electron chi connectivity index (χ0n) is 14.7. The van der Waals surface area contributed by atoms with Crippen molar-refractivity contribution in [3.8, 4) is 11.1 Å². The van der Waals surface area contributed by atoms with Gasteiger partial charge in [-0.25, -0.2) is 0 Å². The molecular formula is C20H26N4O. The van der Waals surface area contributed by atoms with E-state index in [9.17, 15) is 4.79 Å². The predicted molar refractivity (Wildman–Crippen MR) is 96.7 cm³/mol. The van der Waals surface area contributed by atoms with Crippen LogP contribution < -0.4 is 0 Å². The number of piperidine rings is 1. The third kappa shape index (κ3) is 3.32. The highest BCUT2D eigenvalue weighted by Gasteiger charge is 2.34. The van der Waals surface area contributed by atoms with Crippen LogP contribution in [0.25, 0.3) is 11.1 Å². The molecule has 2 aromatic rings. The van der Waals surface area contributed by atoms with E-state index < -0.39 is 0 Å². The zero-order chi connectivity index (χ0) is 17.1. The largest absolute Gasteiger partial charge is 0.334 e. The average molecular weight is 338 g/mol. The van der Waals surface area contributed by atoms with Crippen molar-refractivity contribution in [3.05, 3.63) is 36.4 Å². The number of likely N-dealkylation sites (tertiary alicyclic amines) is 1. The SMILES string of the molecule is O=C(C1CCCCC1)N1CCCCC1c1[nH]ncc1-c1ccncc1. The molecule has 3 heterocycles. The lowest BCUT2D eigenvalue weighted by Crippen LogP contribution is -2.42. The predicted octanol–water partition coefficient (Wildman–Crippen LogP) is 4.11. The highest BCUT2D eigenvalue weighted by molar-refractivity contribution is 5.80. The van der Waals surface area contributed by atoms with Crippen molar-refractivity contribution in [2.24, 2.45) is 5.92 Å². The number of aromatic amines is 1. The Hall–Kier alpha value is -2.17. The van der Waals surface area contributed by atoms with E-state index in [4.69, 9.17) is 0 Å². The highest BCUT2D eigenvalue weighted by atomic mass is 16.2. The fraction of sp³-hybridized carbons (Fsp3) is 0.550. The molecule has 0 radical (unpaired) electrons. The number of carbonyl (C=O) groups excluding carboxylic acids is 1. The molecule has 5 heteroatoms. The molecule has 1 aliphatic heterocycles. The lowest BCUT2D eigenvalue weighted by molar-refractivity contribution is -0.140. The summed E-state index contributed by atoms with van der Waals surface area (Å²) in [4.78, 5) is 19.4. The van der Waals surface area contributed by atoms with Crippen LogP contribution in [0.5, 0.6) is 0 Å². The molecule has 0 spiro atoms. The number of carbonyl (C=O) groups is 1. The molecule has 2 fully saturated rings. The third-order valence-corrected chi connectivity index (χ3v) is 5.73. The van der Waals surface area contributed by atoms with Crippen LogP contribution in [0.2, 0.25) is 0 Å². The Kier molecular flexibility index (Phi) is 4.81. The molecule has 2 aromatic heterocycles. The minimum Gasteiger partial charge on any atom is -0.334 e. The first-order valence-corrected chi connectivity index (χ1v) is 9.59. The Morgan fingerprint density at radius 2 is 1.80 bits per heavy atom. The Labute approximate surface area is 148 Å². The van der Waals surface area contributed by atoms with E-state index in [1.54, 1.807) is 12.4 Å². The first-order valence-electron chi connectivity index (χ1n) is 9.59. The number of amides is 1. The van der Waals surface area contributed by atoms with E-state index in [1.165, 1.54) is 19.3 Å². The van der Waals surface area contributed by atoms with Gasteiger partial charge < -0.3 is 4.90 Å². The molecule has 1 unspecified atom stereocenters. The van der Waals surface area contributed by atoms with Crippen LogP contribution in [0.15, 0.2) is 30.7 Å². The summed E-state index contributed by atoms with van der Waals surface area (Å²) in [7, 11) is 0. The first-order chi connectivity index (χ1) is 12.3. The summed E-state index contributed by atoms with van der Waals surface area (Å²) >= 11 is 0. The minimum atomic E-state index is 0.119. The van der Waals surface area contributed by atoms with E-state index in [0.29, 0.717) is 5.91 Å². The van der Waals surface area contributed by atoms with Crippen LogP contribution in [0, 0.1) is 5.92 Å². The number of nitrogens with one attached hydrogen (secondary N) is 1. The molecule has 0 aromatic carbocycles. The maximum atomic E-state index is 13.2. The summed E-state index contributed by atoms with van der Waals surface area (Å²) in [6, 6.07) is 4.13. The van der Waals surface area contributed by atoms with Crippen LogP contribution in [0.3, 0.4) is 0 Å². The Balaban J connectivity index is 1.62. The fourth-order valence-corrected chi connectivity index (χ4v) is 4.39. The summed E-state index contributed by atoms with van der Waals surface area (Å²) < 4.78 is 0. The summed E-state index contributed by atoms with van der Waals surface area (Å²) in [6.45, 7) is 0.870. The number of pyridine rings is 1. The highest BCUT2D eigenvalue weighted by Crippen LogP contribution is 2.37. The van der Waals surface area contributed by atoms with Gasteiger partial charge in [-0.2, -0.15) is 5.10 Å². The van der Waals surface area contributed by atoms with Gasteiger partial charge in [0.2, 0.25) is 5.91 Å². The Morgan fingerprint density at radius 3 is 2.60 bits per heavy atom. The third-order valence-electron chi connectivity index (χ3n) is 5.73. The molecule has 0 bridgehead atoms. The average Bonchev–Trinajstić information content (AvgIpc) is 3.18. The maximum Gasteiger partial charge on any atom is 0.226 e. The molecule has 1 saturated heterocycles. The van der Waals surface area contributed by atoms with E-state index in [2.05, 4.69) is 20.1 Å². The maximum absolute atomic E-state index is 13.2. The van der Waals surface area contributed by atoms with Crippen molar-refractivity contribution in [1.82, 2.24) is 20.1 Å². The molecule has 1 aliphatic carbocycles. The zero-order valence-corrected chi connectivity index (χ0v) is 14.7. The van der Waals surface area contributed by atoms with Crippen molar-refractivity contribution in [2.45, 2.75) is 57.4 Å². The summed E-state index contributed by atoms with van der Waals surface area (Å²) in [5.74, 6) is 0.585. The number of hydrogen-bond donors (Lipinski definition) is 1. The van der Waals surface area contributed by atoms with Gasteiger partial charge in [0.25, 0.3) is 0 Å². The minimum absolute atomic E-state index is 0.119. The first kappa shape index (κ1) is 16.3. The molecule has 2 aliphatic rings. The lowest BCUT2D eigenvalue weighted by atomic mass is 9.86. The normalized spacial score (nSPS) is 22.1. The van der Waals surface area contributed by atoms with Crippen LogP contribution in [0.1, 0.15) is 63.1 Å². The quantitative estimate of drug-likeness (QED) is 0.916. The van der Waals surface area contributed by atoms with E-state index >= 15 is 0 Å². The van der Waals surface area contributed by atoms with Gasteiger partial charge in [-0.3, -0.25) is 14.9 Å². The molecule has 1 atom stereocenters. The van der Waals surface area contributed by atoms with Crippen molar-refractivity contribution >= 4 is 5.91 Å². The van der Waals surface area contributed by atoms with E-state index in [-0.39, 0.29) is 12.0 Å². The van der Waals surface area contributed by atoms with Gasteiger partial charge in [0, 0.05) is 30.4 Å². The number of nitrogens with zero attached hydrogens (tertiary/aromatic N) is 3. The number of H-pyrrole nitrogens is 1. The van der Waals surface area contributed by atoms with Crippen molar-refractivity contribution in [2.75, 3.05) is 6.54 Å². The summed E-state index contributed by atoms with van der Waals surface area (Å²) in [5.41, 5.74) is 3.28. The van der Waals surface area contributed by atoms with Gasteiger partial charge in [-0.05, 0) is 49.8 Å². The standard InChI is InChI=1S/C20H26N4O/c25-20(16-6-2-1-3-7-16)24-13-5-4-8-18(24)19-17(14-22-23-19)15-9-11-21-12-10-15/h9-12,14,16,18H,1-8,13H2,(H,22,23). The van der Waals surface area contributed by atoms with Gasteiger partial charge in [-0.15, -0.1) is 0 Å². The second-order valence-electron chi connectivity index (χ2n) is 7.31. The molecule has 25 heavy (non-hydrogen) atoms. The summed E-state index contributed by atoms with van der Waals surface area (Å²) in [6.07, 6.45) is 14.5. The Bertz CT molecular complexity index is 705. The second-order valence-corrected chi connectivity index (χ2v) is 7.31. The monoisotopic (exact) mass is 338 g/mol. The van der Waals surface area contributed by atoms with E-state index in [0.717, 1.165) is 55.5 Å². The van der Waals surface area contributed by atoms with Crippen LogP contribution >= 0.6 is 0 Å². The van der Waals surface area contributed by atoms with Crippen molar-refractivity contribution in [3.63, 3.8) is 0 Å². The topological polar surface area (TPSA) is 61.9 Å².